The molecule has 0 fully saturated rings. The fraction of sp³-hybridized carbons (Fsp3) is 0.875. The topological polar surface area (TPSA) is 17.1 Å². The van der Waals surface area contributed by atoms with Crippen LogP contribution in [0.2, 0.25) is 0 Å². The van der Waals surface area contributed by atoms with Gasteiger partial charge in [0, 0.05) is 11.2 Å². The highest BCUT2D eigenvalue weighted by atomic mass is 33.1. The first-order valence-corrected chi connectivity index (χ1v) is 6.25. The van der Waals surface area contributed by atoms with E-state index in [1.54, 1.807) is 17.7 Å². The number of hydrogen-bond acceptors (Lipinski definition) is 3. The van der Waals surface area contributed by atoms with Gasteiger partial charge in [0.15, 0.2) is 0 Å². The number of carbonyl (C=O) groups excluding carboxylic acids is 1. The lowest BCUT2D eigenvalue weighted by Gasteiger charge is -2.21. The van der Waals surface area contributed by atoms with Crippen molar-refractivity contribution in [3.63, 3.8) is 0 Å². The van der Waals surface area contributed by atoms with Crippen LogP contribution in [0, 0.1) is 0 Å². The van der Waals surface area contributed by atoms with Crippen molar-refractivity contribution in [2.45, 2.75) is 38.4 Å². The normalized spacial score (nSPS) is 11.6. The first kappa shape index (κ1) is 11.4. The number of ketones is 1. The molecule has 11 heavy (non-hydrogen) atoms. The summed E-state index contributed by atoms with van der Waals surface area (Å²) in [5.41, 5.74) is 0. The van der Waals surface area contributed by atoms with Gasteiger partial charge in [-0.15, -0.1) is 0 Å². The smallest absolute Gasteiger partial charge is 0.129 e. The van der Waals surface area contributed by atoms with E-state index in [-0.39, 0.29) is 4.75 Å². The van der Waals surface area contributed by atoms with Crippen LogP contribution < -0.4 is 0 Å². The summed E-state index contributed by atoms with van der Waals surface area (Å²) in [4.78, 5) is 10.7. The average Bonchev–Trinajstić information content (AvgIpc) is 1.84. The highest BCUT2D eigenvalue weighted by molar-refractivity contribution is 8.76. The Kier molecular flexibility index (Phi) is 5.26. The van der Waals surface area contributed by atoms with Gasteiger partial charge < -0.3 is 4.79 Å². The Bertz CT molecular complexity index is 132. The molecule has 1 nitrogen and oxygen atoms in total. The van der Waals surface area contributed by atoms with Crippen molar-refractivity contribution < 1.29 is 4.79 Å². The van der Waals surface area contributed by atoms with Crippen LogP contribution in [0.4, 0.5) is 0 Å². The highest BCUT2D eigenvalue weighted by Crippen LogP contribution is 2.36. The monoisotopic (exact) mass is 192 g/mol. The van der Waals surface area contributed by atoms with Crippen molar-refractivity contribution in [1.82, 2.24) is 0 Å². The quantitative estimate of drug-likeness (QED) is 0.623. The first-order chi connectivity index (χ1) is 4.98. The summed E-state index contributed by atoms with van der Waals surface area (Å²) in [6.07, 6.45) is 3.76. The zero-order valence-electron chi connectivity index (χ0n) is 7.64. The first-order valence-electron chi connectivity index (χ1n) is 3.69. The van der Waals surface area contributed by atoms with Crippen molar-refractivity contribution in [1.29, 1.82) is 0 Å². The van der Waals surface area contributed by atoms with E-state index < -0.39 is 0 Å². The molecule has 0 atom stereocenters. The third kappa shape index (κ3) is 6.76. The summed E-state index contributed by atoms with van der Waals surface area (Å²) in [7, 11) is 3.61. The molecule has 0 bridgehead atoms. The lowest BCUT2D eigenvalue weighted by Crippen LogP contribution is -2.14. The maximum absolute atomic E-state index is 10.7. The van der Waals surface area contributed by atoms with Crippen LogP contribution >= 0.6 is 21.6 Å². The molecule has 0 rings (SSSR count). The van der Waals surface area contributed by atoms with Crippen LogP contribution in [0.15, 0.2) is 0 Å². The van der Waals surface area contributed by atoms with Crippen LogP contribution in [0.3, 0.4) is 0 Å². The zero-order chi connectivity index (χ0) is 8.91. The minimum absolute atomic E-state index is 0.241. The third-order valence-electron chi connectivity index (χ3n) is 1.39. The maximum atomic E-state index is 10.7. The molecular formula is C8H16OS2. The summed E-state index contributed by atoms with van der Waals surface area (Å²) in [5.74, 6) is 0.291. The molecule has 0 aliphatic carbocycles. The maximum Gasteiger partial charge on any atom is 0.129 e. The zero-order valence-corrected chi connectivity index (χ0v) is 9.27. The largest absolute Gasteiger partial charge is 0.300 e. The molecular weight excluding hydrogens is 176 g/mol. The molecule has 0 radical (unpaired) electrons. The fourth-order valence-electron chi connectivity index (χ4n) is 0.744. The van der Waals surface area contributed by atoms with Crippen LogP contribution in [0.25, 0.3) is 0 Å². The third-order valence-corrected chi connectivity index (χ3v) is 4.06. The molecule has 0 aromatic rings. The molecule has 0 spiro atoms. The predicted octanol–water partition coefficient (Wildman–Crippen LogP) is 3.15. The minimum Gasteiger partial charge on any atom is -0.300 e. The van der Waals surface area contributed by atoms with Crippen LogP contribution in [-0.2, 0) is 4.79 Å². The lowest BCUT2D eigenvalue weighted by atomic mass is 10.1. The lowest BCUT2D eigenvalue weighted by molar-refractivity contribution is -0.117. The molecule has 0 unspecified atom stereocenters. The van der Waals surface area contributed by atoms with Crippen molar-refractivity contribution >= 4 is 27.4 Å². The molecule has 0 amide bonds. The number of Topliss-reactive ketones (excluding diaryl/α,β-unsaturated/α-hetero) is 1. The SMILES string of the molecule is CSSC(C)(C)CCC(C)=O. The molecule has 0 saturated carbocycles. The molecule has 0 heterocycles. The molecule has 0 aliphatic rings. The van der Waals surface area contributed by atoms with E-state index in [4.69, 9.17) is 0 Å². The van der Waals surface area contributed by atoms with Gasteiger partial charge in [-0.25, -0.2) is 0 Å². The van der Waals surface area contributed by atoms with Gasteiger partial charge >= 0.3 is 0 Å². The van der Waals surface area contributed by atoms with Crippen LogP contribution in [0.5, 0.6) is 0 Å². The van der Waals surface area contributed by atoms with Crippen molar-refractivity contribution in [2.75, 3.05) is 6.26 Å². The second-order valence-corrected chi connectivity index (χ2v) is 6.32. The highest BCUT2D eigenvalue weighted by Gasteiger charge is 2.18. The molecule has 3 heteroatoms. The van der Waals surface area contributed by atoms with Gasteiger partial charge in [0.05, 0.1) is 0 Å². The Morgan fingerprint density at radius 3 is 2.36 bits per heavy atom. The second kappa shape index (κ2) is 5.09. The van der Waals surface area contributed by atoms with Gasteiger partial charge in [0.2, 0.25) is 0 Å². The van der Waals surface area contributed by atoms with Gasteiger partial charge in [-0.05, 0) is 33.4 Å². The number of carbonyl (C=O) groups is 1. The molecule has 0 aromatic carbocycles. The van der Waals surface area contributed by atoms with Crippen molar-refractivity contribution in [2.24, 2.45) is 0 Å². The van der Waals surface area contributed by atoms with E-state index in [1.807, 2.05) is 10.8 Å². The number of hydrogen-bond donors (Lipinski definition) is 0. The van der Waals surface area contributed by atoms with E-state index in [1.165, 1.54) is 0 Å². The number of rotatable bonds is 5. The van der Waals surface area contributed by atoms with E-state index in [9.17, 15) is 4.79 Å². The summed E-state index contributed by atoms with van der Waals surface area (Å²) in [6, 6.07) is 0. The minimum atomic E-state index is 0.241. The van der Waals surface area contributed by atoms with Gasteiger partial charge in [-0.3, -0.25) is 0 Å². The van der Waals surface area contributed by atoms with Gasteiger partial charge in [-0.2, -0.15) is 0 Å². The Morgan fingerprint density at radius 1 is 1.45 bits per heavy atom. The van der Waals surface area contributed by atoms with Crippen molar-refractivity contribution in [3.05, 3.63) is 0 Å². The fourth-order valence-corrected chi connectivity index (χ4v) is 2.98. The predicted molar refractivity (Wildman–Crippen MR) is 55.1 cm³/mol. The van der Waals surface area contributed by atoms with Gasteiger partial charge in [-0.1, -0.05) is 21.6 Å². The van der Waals surface area contributed by atoms with E-state index >= 15 is 0 Å². The molecule has 0 aromatic heterocycles. The van der Waals surface area contributed by atoms with Crippen molar-refractivity contribution in [3.8, 4) is 0 Å². The summed E-state index contributed by atoms with van der Waals surface area (Å²) in [5, 5.41) is 0. The second-order valence-electron chi connectivity index (χ2n) is 3.21. The standard InChI is InChI=1S/C8H16OS2/c1-7(9)5-6-8(2,3)11-10-4/h5-6H2,1-4H3. The van der Waals surface area contributed by atoms with E-state index in [2.05, 4.69) is 20.1 Å². The van der Waals surface area contributed by atoms with Gasteiger partial charge in [0.25, 0.3) is 0 Å². The summed E-state index contributed by atoms with van der Waals surface area (Å²) < 4.78 is 0.241. The summed E-state index contributed by atoms with van der Waals surface area (Å²) >= 11 is 0. The molecule has 0 N–H and O–H groups in total. The molecule has 0 aliphatic heterocycles. The molecule has 0 saturated heterocycles. The van der Waals surface area contributed by atoms with Crippen LogP contribution in [-0.4, -0.2) is 16.8 Å². The Labute approximate surface area is 77.1 Å². The summed E-state index contributed by atoms with van der Waals surface area (Å²) in [6.45, 7) is 6.01. The average molecular weight is 192 g/mol. The Morgan fingerprint density at radius 2 is 2.00 bits per heavy atom. The van der Waals surface area contributed by atoms with E-state index in [0.29, 0.717) is 12.2 Å². The Balaban J connectivity index is 3.63. The van der Waals surface area contributed by atoms with Gasteiger partial charge in [0.1, 0.15) is 5.78 Å². The van der Waals surface area contributed by atoms with Crippen LogP contribution in [0.1, 0.15) is 33.6 Å². The molecule has 66 valence electrons. The Hall–Kier alpha value is 0.370. The van der Waals surface area contributed by atoms with E-state index in [0.717, 1.165) is 6.42 Å².